The fourth-order valence-corrected chi connectivity index (χ4v) is 3.94. The molecule has 0 unspecified atom stereocenters. The standard InChI is InChI=1S/C23H19F6N3/c24-22(25,26)15-10-17(23(27,28)29)20-16(6-3-4-8-30)21(32-19(20)11-15)14-9-13-5-1-2-7-18(13)31-12-14/h1-2,5,7,9-12,32H,3-4,6,8,30H2. The number of para-hydroxylation sites is 1. The van der Waals surface area contributed by atoms with Gasteiger partial charge in [0.25, 0.3) is 0 Å². The van der Waals surface area contributed by atoms with E-state index in [1.807, 2.05) is 12.1 Å². The van der Waals surface area contributed by atoms with E-state index in [9.17, 15) is 26.3 Å². The smallest absolute Gasteiger partial charge is 0.354 e. The van der Waals surface area contributed by atoms with Gasteiger partial charge in [-0.15, -0.1) is 0 Å². The van der Waals surface area contributed by atoms with E-state index in [-0.39, 0.29) is 23.4 Å². The summed E-state index contributed by atoms with van der Waals surface area (Å²) in [5, 5.41) is 0.522. The lowest BCUT2D eigenvalue weighted by Crippen LogP contribution is -2.11. The number of halogens is 6. The van der Waals surface area contributed by atoms with Gasteiger partial charge in [-0.1, -0.05) is 18.2 Å². The summed E-state index contributed by atoms with van der Waals surface area (Å²) in [7, 11) is 0. The summed E-state index contributed by atoms with van der Waals surface area (Å²) in [6.45, 7) is 0.361. The van der Waals surface area contributed by atoms with E-state index in [2.05, 4.69) is 9.97 Å². The first-order valence-corrected chi connectivity index (χ1v) is 9.98. The first-order valence-electron chi connectivity index (χ1n) is 9.98. The number of benzene rings is 2. The van der Waals surface area contributed by atoms with Gasteiger partial charge in [-0.05, 0) is 55.6 Å². The number of fused-ring (bicyclic) bond motifs is 2. The molecule has 0 fully saturated rings. The number of aromatic amines is 1. The second-order valence-electron chi connectivity index (χ2n) is 7.58. The summed E-state index contributed by atoms with van der Waals surface area (Å²) in [5.41, 5.74) is 4.52. The van der Waals surface area contributed by atoms with Crippen LogP contribution in [0.1, 0.15) is 29.5 Å². The zero-order valence-corrected chi connectivity index (χ0v) is 16.7. The lowest BCUT2D eigenvalue weighted by molar-refractivity contribution is -0.142. The number of aromatic nitrogens is 2. The number of alkyl halides is 6. The molecule has 4 aromatic rings. The Labute approximate surface area is 179 Å². The maximum absolute atomic E-state index is 13.9. The van der Waals surface area contributed by atoms with Crippen LogP contribution in [0.3, 0.4) is 0 Å². The number of pyridine rings is 1. The highest BCUT2D eigenvalue weighted by molar-refractivity contribution is 5.95. The van der Waals surface area contributed by atoms with Crippen LogP contribution in [0.2, 0.25) is 0 Å². The molecule has 0 aliphatic heterocycles. The fraction of sp³-hybridized carbons (Fsp3) is 0.261. The molecule has 2 aromatic carbocycles. The van der Waals surface area contributed by atoms with Crippen LogP contribution in [-0.4, -0.2) is 16.5 Å². The summed E-state index contributed by atoms with van der Waals surface area (Å²) in [6, 6.07) is 9.90. The van der Waals surface area contributed by atoms with E-state index in [1.165, 1.54) is 6.20 Å². The van der Waals surface area contributed by atoms with Crippen molar-refractivity contribution in [2.24, 2.45) is 5.73 Å². The highest BCUT2D eigenvalue weighted by Gasteiger charge is 2.39. The third-order valence-corrected chi connectivity index (χ3v) is 5.39. The molecule has 0 bridgehead atoms. The van der Waals surface area contributed by atoms with Crippen molar-refractivity contribution in [3.63, 3.8) is 0 Å². The molecule has 0 aliphatic carbocycles. The Balaban J connectivity index is 2.01. The Morgan fingerprint density at radius 2 is 1.66 bits per heavy atom. The summed E-state index contributed by atoms with van der Waals surface area (Å²) >= 11 is 0. The molecule has 0 spiro atoms. The zero-order chi connectivity index (χ0) is 23.1. The first kappa shape index (κ1) is 22.1. The van der Waals surface area contributed by atoms with E-state index in [0.717, 1.165) is 11.5 Å². The fourth-order valence-electron chi connectivity index (χ4n) is 3.94. The second-order valence-corrected chi connectivity index (χ2v) is 7.58. The number of nitrogens with one attached hydrogen (secondary N) is 1. The quantitative estimate of drug-likeness (QED) is 0.262. The number of rotatable bonds is 5. The molecule has 0 radical (unpaired) electrons. The number of nitrogens with two attached hydrogens (primary N) is 1. The van der Waals surface area contributed by atoms with E-state index in [1.54, 1.807) is 18.2 Å². The first-order chi connectivity index (χ1) is 15.1. The van der Waals surface area contributed by atoms with Crippen molar-refractivity contribution in [1.82, 2.24) is 9.97 Å². The number of unbranched alkanes of at least 4 members (excludes halogenated alkanes) is 1. The van der Waals surface area contributed by atoms with E-state index < -0.39 is 23.5 Å². The van der Waals surface area contributed by atoms with Crippen molar-refractivity contribution in [3.05, 3.63) is 65.4 Å². The molecule has 2 aromatic heterocycles. The minimum atomic E-state index is -4.96. The van der Waals surface area contributed by atoms with Crippen molar-refractivity contribution in [2.75, 3.05) is 6.54 Å². The van der Waals surface area contributed by atoms with Gasteiger partial charge < -0.3 is 10.7 Å². The largest absolute Gasteiger partial charge is 0.417 e. The van der Waals surface area contributed by atoms with Crippen molar-refractivity contribution in [2.45, 2.75) is 31.6 Å². The average Bonchev–Trinajstić information content (AvgIpc) is 3.10. The predicted octanol–water partition coefficient (Wildman–Crippen LogP) is 6.70. The van der Waals surface area contributed by atoms with Crippen LogP contribution in [0.15, 0.2) is 48.7 Å². The highest BCUT2D eigenvalue weighted by atomic mass is 19.4. The molecule has 0 atom stereocenters. The molecule has 3 N–H and O–H groups in total. The van der Waals surface area contributed by atoms with Gasteiger partial charge in [-0.3, -0.25) is 4.98 Å². The summed E-state index contributed by atoms with van der Waals surface area (Å²) in [4.78, 5) is 7.18. The number of hydrogen-bond acceptors (Lipinski definition) is 2. The third-order valence-electron chi connectivity index (χ3n) is 5.39. The molecule has 3 nitrogen and oxygen atoms in total. The van der Waals surface area contributed by atoms with E-state index >= 15 is 0 Å². The summed E-state index contributed by atoms with van der Waals surface area (Å²) in [5.74, 6) is 0. The number of aryl methyl sites for hydroxylation is 1. The molecule has 0 saturated heterocycles. The van der Waals surface area contributed by atoms with Crippen LogP contribution in [0.5, 0.6) is 0 Å². The molecule has 0 saturated carbocycles. The Kier molecular flexibility index (Phi) is 5.62. The van der Waals surface area contributed by atoms with Gasteiger partial charge >= 0.3 is 12.4 Å². The zero-order valence-electron chi connectivity index (χ0n) is 16.7. The molecule has 0 aliphatic rings. The monoisotopic (exact) mass is 451 g/mol. The number of hydrogen-bond donors (Lipinski definition) is 2. The lowest BCUT2D eigenvalue weighted by atomic mass is 9.96. The molecule has 2 heterocycles. The number of H-pyrrole nitrogens is 1. The molecule has 0 amide bonds. The Morgan fingerprint density at radius 1 is 0.906 bits per heavy atom. The van der Waals surface area contributed by atoms with Gasteiger partial charge in [-0.2, -0.15) is 26.3 Å². The van der Waals surface area contributed by atoms with Gasteiger partial charge in [0.05, 0.1) is 22.3 Å². The van der Waals surface area contributed by atoms with Crippen LogP contribution < -0.4 is 5.73 Å². The van der Waals surface area contributed by atoms with Crippen molar-refractivity contribution in [1.29, 1.82) is 0 Å². The minimum Gasteiger partial charge on any atom is -0.354 e. The Hall–Kier alpha value is -3.07. The van der Waals surface area contributed by atoms with E-state index in [4.69, 9.17) is 5.73 Å². The van der Waals surface area contributed by atoms with Crippen molar-refractivity contribution < 1.29 is 26.3 Å². The maximum atomic E-state index is 13.9. The molecular formula is C23H19F6N3. The Bertz CT molecular complexity index is 1270. The van der Waals surface area contributed by atoms with Crippen LogP contribution in [-0.2, 0) is 18.8 Å². The van der Waals surface area contributed by atoms with Gasteiger partial charge in [0.1, 0.15) is 0 Å². The lowest BCUT2D eigenvalue weighted by Gasteiger charge is -2.14. The predicted molar refractivity (Wildman–Crippen MR) is 111 cm³/mol. The highest BCUT2D eigenvalue weighted by Crippen LogP contribution is 2.44. The molecule has 4 rings (SSSR count). The Morgan fingerprint density at radius 3 is 2.34 bits per heavy atom. The second kappa shape index (κ2) is 8.12. The van der Waals surface area contributed by atoms with Crippen molar-refractivity contribution in [3.8, 4) is 11.3 Å². The summed E-state index contributed by atoms with van der Waals surface area (Å²) < 4.78 is 81.6. The van der Waals surface area contributed by atoms with Crippen LogP contribution in [0, 0.1) is 0 Å². The van der Waals surface area contributed by atoms with Crippen LogP contribution in [0.25, 0.3) is 33.1 Å². The average molecular weight is 451 g/mol. The maximum Gasteiger partial charge on any atom is 0.417 e. The topological polar surface area (TPSA) is 54.7 Å². The van der Waals surface area contributed by atoms with Gasteiger partial charge in [-0.25, -0.2) is 0 Å². The SMILES string of the molecule is NCCCCc1c(-c2cnc3ccccc3c2)[nH]c2cc(C(F)(F)F)cc(C(F)(F)F)c12. The van der Waals surface area contributed by atoms with E-state index in [0.29, 0.717) is 41.7 Å². The molecule has 168 valence electrons. The van der Waals surface area contributed by atoms with Crippen LogP contribution in [0.4, 0.5) is 26.3 Å². The number of nitrogens with zero attached hydrogens (tertiary/aromatic N) is 1. The third kappa shape index (κ3) is 4.17. The molecular weight excluding hydrogens is 432 g/mol. The molecule has 32 heavy (non-hydrogen) atoms. The van der Waals surface area contributed by atoms with Crippen LogP contribution >= 0.6 is 0 Å². The van der Waals surface area contributed by atoms with Gasteiger partial charge in [0.2, 0.25) is 0 Å². The summed E-state index contributed by atoms with van der Waals surface area (Å²) in [6.07, 6.45) is -7.06. The minimum absolute atomic E-state index is 0.186. The normalized spacial score (nSPS) is 12.7. The van der Waals surface area contributed by atoms with Gasteiger partial charge in [0, 0.05) is 28.0 Å². The van der Waals surface area contributed by atoms with Crippen molar-refractivity contribution >= 4 is 21.8 Å². The van der Waals surface area contributed by atoms with Gasteiger partial charge in [0.15, 0.2) is 0 Å². The molecule has 9 heteroatoms.